The molecule has 2 N–H and O–H groups in total. The van der Waals surface area contributed by atoms with Gasteiger partial charge in [-0.3, -0.25) is 0 Å². The molecule has 0 aliphatic rings. The van der Waals surface area contributed by atoms with Crippen LogP contribution in [-0.4, -0.2) is 21.1 Å². The van der Waals surface area contributed by atoms with E-state index in [4.69, 9.17) is 5.73 Å². The van der Waals surface area contributed by atoms with Crippen LogP contribution in [0, 0.1) is 0 Å². The Morgan fingerprint density at radius 3 is 3.14 bits per heavy atom. The van der Waals surface area contributed by atoms with Crippen LogP contribution < -0.4 is 5.73 Å². The lowest BCUT2D eigenvalue weighted by Crippen LogP contribution is -2.09. The summed E-state index contributed by atoms with van der Waals surface area (Å²) in [6.45, 7) is 1.45. The van der Waals surface area contributed by atoms with Gasteiger partial charge in [0.2, 0.25) is 0 Å². The summed E-state index contributed by atoms with van der Waals surface area (Å²) in [5.74, 6) is 0. The lowest BCUT2D eigenvalue weighted by atomic mass is 10.3. The van der Waals surface area contributed by atoms with Gasteiger partial charge in [0.15, 0.2) is 0 Å². The summed E-state index contributed by atoms with van der Waals surface area (Å²) in [4.78, 5) is 8.34. The third-order valence-electron chi connectivity index (χ3n) is 2.01. The average Bonchev–Trinajstić information content (AvgIpc) is 2.80. The van der Waals surface area contributed by atoms with E-state index in [2.05, 4.69) is 14.5 Å². The van der Waals surface area contributed by atoms with Crippen LogP contribution in [0.3, 0.4) is 0 Å². The van der Waals surface area contributed by atoms with Crippen LogP contribution in [0.15, 0.2) is 23.4 Å². The number of thiazole rings is 1. The quantitative estimate of drug-likeness (QED) is 0.811. The highest BCUT2D eigenvalue weighted by molar-refractivity contribution is 7.07. The molecular formula is C9H12N4S. The van der Waals surface area contributed by atoms with E-state index in [-0.39, 0.29) is 0 Å². The molecule has 0 radical (unpaired) electrons. The summed E-state index contributed by atoms with van der Waals surface area (Å²) in [6.07, 6.45) is 4.55. The predicted molar refractivity (Wildman–Crippen MR) is 56.2 cm³/mol. The third kappa shape index (κ3) is 2.00. The summed E-state index contributed by atoms with van der Waals surface area (Å²) in [5.41, 5.74) is 9.59. The van der Waals surface area contributed by atoms with Gasteiger partial charge < -0.3 is 10.3 Å². The Morgan fingerprint density at radius 1 is 1.50 bits per heavy atom. The smallest absolute Gasteiger partial charge is 0.0951 e. The molecule has 2 aromatic heterocycles. The molecule has 4 nitrogen and oxygen atoms in total. The zero-order valence-electron chi connectivity index (χ0n) is 7.76. The SMILES string of the molecule is NCCc1cncn1Cc1cscn1. The van der Waals surface area contributed by atoms with Gasteiger partial charge in [0.25, 0.3) is 0 Å². The fourth-order valence-electron chi connectivity index (χ4n) is 1.34. The molecule has 0 aromatic carbocycles. The summed E-state index contributed by atoms with van der Waals surface area (Å²) < 4.78 is 2.09. The molecule has 74 valence electrons. The maximum Gasteiger partial charge on any atom is 0.0951 e. The van der Waals surface area contributed by atoms with E-state index in [1.165, 1.54) is 5.69 Å². The standard InChI is InChI=1S/C9H12N4S/c10-2-1-9-3-11-6-13(9)4-8-5-14-7-12-8/h3,5-7H,1-2,4,10H2. The molecule has 0 bridgehead atoms. The van der Waals surface area contributed by atoms with Crippen molar-refractivity contribution in [1.82, 2.24) is 14.5 Å². The van der Waals surface area contributed by atoms with Gasteiger partial charge in [0.05, 0.1) is 24.1 Å². The van der Waals surface area contributed by atoms with E-state index < -0.39 is 0 Å². The Labute approximate surface area is 86.4 Å². The number of rotatable bonds is 4. The highest BCUT2D eigenvalue weighted by atomic mass is 32.1. The Hall–Kier alpha value is -1.20. The van der Waals surface area contributed by atoms with Gasteiger partial charge in [-0.1, -0.05) is 0 Å². The fraction of sp³-hybridized carbons (Fsp3) is 0.333. The molecule has 14 heavy (non-hydrogen) atoms. The highest BCUT2D eigenvalue weighted by Crippen LogP contribution is 2.06. The minimum atomic E-state index is 0.656. The Bertz CT molecular complexity index is 379. The minimum Gasteiger partial charge on any atom is -0.330 e. The summed E-state index contributed by atoms with van der Waals surface area (Å²) in [7, 11) is 0. The van der Waals surface area contributed by atoms with Crippen LogP contribution in [0.25, 0.3) is 0 Å². The molecule has 5 heteroatoms. The molecule has 0 spiro atoms. The van der Waals surface area contributed by atoms with Crippen molar-refractivity contribution >= 4 is 11.3 Å². The normalized spacial score (nSPS) is 10.6. The Balaban J connectivity index is 2.12. The van der Waals surface area contributed by atoms with Gasteiger partial charge in [-0.05, 0) is 6.54 Å². The Morgan fingerprint density at radius 2 is 2.43 bits per heavy atom. The van der Waals surface area contributed by atoms with E-state index >= 15 is 0 Å². The first-order valence-electron chi connectivity index (χ1n) is 4.46. The number of nitrogens with zero attached hydrogens (tertiary/aromatic N) is 3. The summed E-state index contributed by atoms with van der Waals surface area (Å²) in [6, 6.07) is 0. The fourth-order valence-corrected chi connectivity index (χ4v) is 1.89. The van der Waals surface area contributed by atoms with Crippen LogP contribution in [0.5, 0.6) is 0 Å². The molecule has 0 fully saturated rings. The first-order valence-corrected chi connectivity index (χ1v) is 5.40. The molecular weight excluding hydrogens is 196 g/mol. The van der Waals surface area contributed by atoms with Gasteiger partial charge in [-0.15, -0.1) is 11.3 Å². The maximum atomic E-state index is 5.51. The van der Waals surface area contributed by atoms with Crippen molar-refractivity contribution in [2.24, 2.45) is 5.73 Å². The number of aromatic nitrogens is 3. The van der Waals surface area contributed by atoms with Crippen molar-refractivity contribution in [2.45, 2.75) is 13.0 Å². The average molecular weight is 208 g/mol. The highest BCUT2D eigenvalue weighted by Gasteiger charge is 2.02. The van der Waals surface area contributed by atoms with Crippen molar-refractivity contribution in [3.05, 3.63) is 34.8 Å². The molecule has 0 unspecified atom stereocenters. The monoisotopic (exact) mass is 208 g/mol. The van der Waals surface area contributed by atoms with E-state index in [9.17, 15) is 0 Å². The zero-order chi connectivity index (χ0) is 9.80. The van der Waals surface area contributed by atoms with Crippen molar-refractivity contribution in [2.75, 3.05) is 6.54 Å². The topological polar surface area (TPSA) is 56.7 Å². The number of hydrogen-bond donors (Lipinski definition) is 1. The number of imidazole rings is 1. The molecule has 2 heterocycles. The summed E-state index contributed by atoms with van der Waals surface area (Å²) in [5, 5.41) is 2.05. The van der Waals surface area contributed by atoms with Crippen LogP contribution in [0.2, 0.25) is 0 Å². The number of hydrogen-bond acceptors (Lipinski definition) is 4. The minimum absolute atomic E-state index is 0.656. The maximum absolute atomic E-state index is 5.51. The first kappa shape index (κ1) is 9.36. The van der Waals surface area contributed by atoms with Crippen molar-refractivity contribution in [1.29, 1.82) is 0 Å². The second kappa shape index (κ2) is 4.34. The third-order valence-corrected chi connectivity index (χ3v) is 2.65. The van der Waals surface area contributed by atoms with Gasteiger partial charge >= 0.3 is 0 Å². The van der Waals surface area contributed by atoms with Gasteiger partial charge in [0, 0.05) is 23.7 Å². The lowest BCUT2D eigenvalue weighted by molar-refractivity contribution is 0.721. The molecule has 0 saturated carbocycles. The van der Waals surface area contributed by atoms with Crippen LogP contribution in [-0.2, 0) is 13.0 Å². The van der Waals surface area contributed by atoms with Crippen molar-refractivity contribution in [3.63, 3.8) is 0 Å². The van der Waals surface area contributed by atoms with E-state index in [0.29, 0.717) is 6.54 Å². The molecule has 0 saturated heterocycles. The summed E-state index contributed by atoms with van der Waals surface area (Å²) >= 11 is 1.61. The molecule has 0 atom stereocenters. The molecule has 2 rings (SSSR count). The molecule has 0 amide bonds. The Kier molecular flexibility index (Phi) is 2.90. The predicted octanol–water partition coefficient (Wildman–Crippen LogP) is 0.889. The molecule has 0 aliphatic heterocycles. The van der Waals surface area contributed by atoms with Gasteiger partial charge in [-0.25, -0.2) is 9.97 Å². The van der Waals surface area contributed by atoms with Gasteiger partial charge in [-0.2, -0.15) is 0 Å². The van der Waals surface area contributed by atoms with Crippen LogP contribution in [0.1, 0.15) is 11.4 Å². The van der Waals surface area contributed by atoms with Crippen molar-refractivity contribution in [3.8, 4) is 0 Å². The molecule has 2 aromatic rings. The van der Waals surface area contributed by atoms with Crippen LogP contribution >= 0.6 is 11.3 Å². The zero-order valence-corrected chi connectivity index (χ0v) is 8.57. The largest absolute Gasteiger partial charge is 0.330 e. The van der Waals surface area contributed by atoms with E-state index in [0.717, 1.165) is 18.7 Å². The van der Waals surface area contributed by atoms with E-state index in [1.54, 1.807) is 11.3 Å². The number of nitrogens with two attached hydrogens (primary N) is 1. The first-order chi connectivity index (χ1) is 6.90. The molecule has 0 aliphatic carbocycles. The second-order valence-corrected chi connectivity index (χ2v) is 3.75. The second-order valence-electron chi connectivity index (χ2n) is 3.03. The van der Waals surface area contributed by atoms with Crippen molar-refractivity contribution < 1.29 is 0 Å². The van der Waals surface area contributed by atoms with Crippen LogP contribution in [0.4, 0.5) is 0 Å². The van der Waals surface area contributed by atoms with E-state index in [1.807, 2.05) is 23.4 Å². The lowest BCUT2D eigenvalue weighted by Gasteiger charge is -2.04. The van der Waals surface area contributed by atoms with Gasteiger partial charge in [0.1, 0.15) is 0 Å².